The molecule has 14 nitrogen and oxygen atoms in total. The van der Waals surface area contributed by atoms with E-state index in [2.05, 4.69) is 35.9 Å². The molecule has 1 amide bonds. The van der Waals surface area contributed by atoms with Crippen LogP contribution in [-0.4, -0.2) is 66.2 Å². The van der Waals surface area contributed by atoms with Gasteiger partial charge in [0.25, 0.3) is 5.91 Å². The van der Waals surface area contributed by atoms with E-state index in [1.54, 1.807) is 57.1 Å². The Balaban J connectivity index is 1.14. The minimum absolute atomic E-state index is 0.220. The van der Waals surface area contributed by atoms with Crippen molar-refractivity contribution in [1.29, 1.82) is 0 Å². The van der Waals surface area contributed by atoms with Gasteiger partial charge in [-0.05, 0) is 82.3 Å². The standard InChI is InChI=1S/C36H38N8O6S/c1-5-49-31(45)22-10-13-36(47,14-11-22)33-38-18-29(51-33)25-16-23(17-27-30(25)50-35(2,3)32(46)40-27)39-34-37-15-12-26(41-34)28-20-44(43-42-28)19-21-6-8-24(48-4)9-7-21/h6-9,12,15-18,20,22,47H,5,10-11,13-14,19H2,1-4H3,(H,40,46)(H,37,39,41). The zero-order valence-electron chi connectivity index (χ0n) is 28.7. The molecule has 0 spiro atoms. The zero-order valence-corrected chi connectivity index (χ0v) is 29.5. The van der Waals surface area contributed by atoms with Gasteiger partial charge in [0.1, 0.15) is 22.1 Å². The number of methoxy groups -OCH3 is 1. The first-order valence-corrected chi connectivity index (χ1v) is 17.5. The molecule has 51 heavy (non-hydrogen) atoms. The SMILES string of the molecule is CCOC(=O)C1CCC(O)(c2ncc(-c3cc(Nc4nccc(-c5cn(Cc6ccc(OC)cc6)nn5)n4)cc4c3OC(C)(C)C(=O)N4)s2)CC1. The predicted molar refractivity (Wildman–Crippen MR) is 190 cm³/mol. The number of nitrogens with one attached hydrogen (secondary N) is 2. The number of benzene rings is 2. The number of ether oxygens (including phenoxy) is 3. The molecule has 0 radical (unpaired) electrons. The summed E-state index contributed by atoms with van der Waals surface area (Å²) in [7, 11) is 1.63. The molecular formula is C36H38N8O6S. The molecule has 1 aliphatic heterocycles. The molecule has 0 bridgehead atoms. The summed E-state index contributed by atoms with van der Waals surface area (Å²) in [4.78, 5) is 39.7. The first-order valence-electron chi connectivity index (χ1n) is 16.7. The van der Waals surface area contributed by atoms with E-state index in [1.165, 1.54) is 11.3 Å². The number of rotatable bonds is 10. The molecule has 2 aliphatic rings. The number of carbonyl (C=O) groups excluding carboxylic acids is 2. The number of thiazole rings is 1. The molecule has 0 saturated heterocycles. The number of esters is 1. The highest BCUT2D eigenvalue weighted by molar-refractivity contribution is 7.15. The number of carbonyl (C=O) groups is 2. The number of hydrogen-bond donors (Lipinski definition) is 3. The molecule has 1 aliphatic carbocycles. The molecule has 5 aromatic rings. The van der Waals surface area contributed by atoms with Crippen molar-refractivity contribution in [2.24, 2.45) is 5.92 Å². The van der Waals surface area contributed by atoms with Gasteiger partial charge in [-0.15, -0.1) is 16.4 Å². The normalized spacial score (nSPS) is 19.4. The Kier molecular flexibility index (Phi) is 9.16. The van der Waals surface area contributed by atoms with Gasteiger partial charge in [0.2, 0.25) is 5.95 Å². The van der Waals surface area contributed by atoms with E-state index in [0.29, 0.717) is 83.9 Å². The van der Waals surface area contributed by atoms with E-state index in [0.717, 1.165) is 16.2 Å². The summed E-state index contributed by atoms with van der Waals surface area (Å²) in [6, 6.07) is 13.1. The smallest absolute Gasteiger partial charge is 0.308 e. The van der Waals surface area contributed by atoms with Gasteiger partial charge in [0.15, 0.2) is 11.4 Å². The fourth-order valence-electron chi connectivity index (χ4n) is 6.18. The summed E-state index contributed by atoms with van der Waals surface area (Å²) >= 11 is 1.35. The van der Waals surface area contributed by atoms with Crippen molar-refractivity contribution in [3.8, 4) is 33.3 Å². The lowest BCUT2D eigenvalue weighted by Gasteiger charge is -2.33. The van der Waals surface area contributed by atoms with Gasteiger partial charge in [0, 0.05) is 23.6 Å². The third kappa shape index (κ3) is 7.12. The molecule has 15 heteroatoms. The Bertz CT molecular complexity index is 2070. The maximum absolute atomic E-state index is 12.9. The maximum Gasteiger partial charge on any atom is 0.308 e. The van der Waals surface area contributed by atoms with E-state index >= 15 is 0 Å². The molecule has 0 unspecified atom stereocenters. The van der Waals surface area contributed by atoms with Crippen molar-refractivity contribution in [2.45, 2.75) is 64.2 Å². The van der Waals surface area contributed by atoms with Crippen LogP contribution in [0.3, 0.4) is 0 Å². The molecule has 4 heterocycles. The highest BCUT2D eigenvalue weighted by Crippen LogP contribution is 2.48. The fraction of sp³-hybridized carbons (Fsp3) is 0.361. The Morgan fingerprint density at radius 3 is 2.67 bits per heavy atom. The van der Waals surface area contributed by atoms with E-state index < -0.39 is 11.2 Å². The molecule has 1 fully saturated rings. The van der Waals surface area contributed by atoms with Crippen LogP contribution >= 0.6 is 11.3 Å². The zero-order chi connectivity index (χ0) is 35.8. The minimum atomic E-state index is -1.17. The lowest BCUT2D eigenvalue weighted by Crippen LogP contribution is -2.45. The second kappa shape index (κ2) is 13.7. The predicted octanol–water partition coefficient (Wildman–Crippen LogP) is 5.71. The Labute approximate surface area is 298 Å². The van der Waals surface area contributed by atoms with Crippen LogP contribution in [0.15, 0.2) is 61.1 Å². The van der Waals surface area contributed by atoms with Crippen LogP contribution in [0, 0.1) is 5.92 Å². The highest BCUT2D eigenvalue weighted by atomic mass is 32.1. The van der Waals surface area contributed by atoms with Gasteiger partial charge in [0.05, 0.1) is 48.6 Å². The number of aromatic nitrogens is 6. The Hall–Kier alpha value is -5.41. The quantitative estimate of drug-likeness (QED) is 0.151. The van der Waals surface area contributed by atoms with Gasteiger partial charge in [-0.25, -0.2) is 19.6 Å². The topological polar surface area (TPSA) is 176 Å². The number of anilines is 3. The monoisotopic (exact) mass is 710 g/mol. The number of amides is 1. The molecule has 0 atom stereocenters. The van der Waals surface area contributed by atoms with E-state index in [1.807, 2.05) is 36.5 Å². The lowest BCUT2D eigenvalue weighted by atomic mass is 9.79. The molecule has 3 aromatic heterocycles. The van der Waals surface area contributed by atoms with Gasteiger partial charge in [-0.1, -0.05) is 17.3 Å². The van der Waals surface area contributed by atoms with Crippen molar-refractivity contribution >= 4 is 40.5 Å². The molecule has 2 aromatic carbocycles. The maximum atomic E-state index is 12.9. The van der Waals surface area contributed by atoms with Gasteiger partial charge in [-0.2, -0.15) is 0 Å². The third-order valence-electron chi connectivity index (χ3n) is 9.06. The number of hydrogen-bond acceptors (Lipinski definition) is 13. The van der Waals surface area contributed by atoms with Crippen LogP contribution < -0.4 is 20.1 Å². The Morgan fingerprint density at radius 1 is 1.14 bits per heavy atom. The van der Waals surface area contributed by atoms with Crippen molar-refractivity contribution in [3.63, 3.8) is 0 Å². The van der Waals surface area contributed by atoms with E-state index in [9.17, 15) is 14.7 Å². The lowest BCUT2D eigenvalue weighted by molar-refractivity contribution is -0.151. The van der Waals surface area contributed by atoms with Crippen molar-refractivity contribution in [3.05, 3.63) is 71.6 Å². The first-order chi connectivity index (χ1) is 24.5. The average Bonchev–Trinajstić information content (AvgIpc) is 3.81. The van der Waals surface area contributed by atoms with Gasteiger partial charge in [-0.3, -0.25) is 9.59 Å². The van der Waals surface area contributed by atoms with Crippen molar-refractivity contribution in [1.82, 2.24) is 29.9 Å². The summed E-state index contributed by atoms with van der Waals surface area (Å²) in [5, 5.41) is 27.0. The molecule has 264 valence electrons. The molecule has 7 rings (SSSR count). The highest BCUT2D eigenvalue weighted by Gasteiger charge is 2.41. The van der Waals surface area contributed by atoms with Crippen LogP contribution in [0.25, 0.3) is 21.8 Å². The number of nitrogens with zero attached hydrogens (tertiary/aromatic N) is 6. The summed E-state index contributed by atoms with van der Waals surface area (Å²) in [5.41, 5.74) is 1.66. The van der Waals surface area contributed by atoms with Gasteiger partial charge < -0.3 is 30.0 Å². The third-order valence-corrected chi connectivity index (χ3v) is 10.3. The van der Waals surface area contributed by atoms with E-state index in [4.69, 9.17) is 14.2 Å². The van der Waals surface area contributed by atoms with Crippen LogP contribution in [0.2, 0.25) is 0 Å². The van der Waals surface area contributed by atoms with Crippen LogP contribution in [0.5, 0.6) is 11.5 Å². The fourth-order valence-corrected chi connectivity index (χ4v) is 7.26. The number of aliphatic hydroxyl groups is 1. The largest absolute Gasteiger partial charge is 0.497 e. The minimum Gasteiger partial charge on any atom is -0.497 e. The average molecular weight is 711 g/mol. The summed E-state index contributed by atoms with van der Waals surface area (Å²) in [6.45, 7) is 6.06. The van der Waals surface area contributed by atoms with Crippen LogP contribution in [0.1, 0.15) is 57.0 Å². The molecule has 3 N–H and O–H groups in total. The van der Waals surface area contributed by atoms with Crippen LogP contribution in [-0.2, 0) is 26.5 Å². The number of fused-ring (bicyclic) bond motifs is 1. The van der Waals surface area contributed by atoms with Crippen molar-refractivity contribution in [2.75, 3.05) is 24.4 Å². The van der Waals surface area contributed by atoms with E-state index in [-0.39, 0.29) is 17.8 Å². The van der Waals surface area contributed by atoms with Crippen molar-refractivity contribution < 1.29 is 28.9 Å². The summed E-state index contributed by atoms with van der Waals surface area (Å²) in [5.74, 6) is 0.844. The summed E-state index contributed by atoms with van der Waals surface area (Å²) in [6.07, 6.45) is 6.97. The van der Waals surface area contributed by atoms with Crippen LogP contribution in [0.4, 0.5) is 17.3 Å². The molecule has 1 saturated carbocycles. The molecular weight excluding hydrogens is 673 g/mol. The Morgan fingerprint density at radius 2 is 1.92 bits per heavy atom. The van der Waals surface area contributed by atoms with Gasteiger partial charge >= 0.3 is 5.97 Å². The first kappa shape index (κ1) is 34.1. The summed E-state index contributed by atoms with van der Waals surface area (Å²) < 4.78 is 18.4. The second-order valence-electron chi connectivity index (χ2n) is 13.1. The second-order valence-corrected chi connectivity index (χ2v) is 14.1.